The zero-order valence-electron chi connectivity index (χ0n) is 10.8. The third-order valence-corrected chi connectivity index (χ3v) is 4.84. The minimum absolute atomic E-state index is 0.231. The first-order valence-corrected chi connectivity index (χ1v) is 7.51. The molecule has 0 spiro atoms. The number of halogens is 2. The van der Waals surface area contributed by atoms with E-state index in [1.807, 2.05) is 13.8 Å². The van der Waals surface area contributed by atoms with Crippen molar-refractivity contribution < 1.29 is 4.79 Å². The summed E-state index contributed by atoms with van der Waals surface area (Å²) in [5.41, 5.74) is 5.59. The molecule has 0 aliphatic rings. The number of hydrogen-bond donors (Lipinski definition) is 2. The first-order chi connectivity index (χ1) is 8.86. The van der Waals surface area contributed by atoms with Crippen molar-refractivity contribution in [3.8, 4) is 0 Å². The summed E-state index contributed by atoms with van der Waals surface area (Å²) in [5.74, 6) is -0.231. The van der Waals surface area contributed by atoms with Crippen LogP contribution in [0.5, 0.6) is 0 Å². The molecule has 1 aromatic carbocycles. The summed E-state index contributed by atoms with van der Waals surface area (Å²) in [6.45, 7) is 3.88. The lowest BCUT2D eigenvalue weighted by Crippen LogP contribution is -2.55. The van der Waals surface area contributed by atoms with Crippen LogP contribution in [0, 0.1) is 0 Å². The monoisotopic (exact) mass is 362 g/mol. The van der Waals surface area contributed by atoms with E-state index in [9.17, 15) is 4.79 Å². The fourth-order valence-electron chi connectivity index (χ4n) is 1.76. The number of amides is 1. The highest BCUT2D eigenvalue weighted by atomic mass is 79.9. The third kappa shape index (κ3) is 3.68. The van der Waals surface area contributed by atoms with E-state index in [-0.39, 0.29) is 5.91 Å². The van der Waals surface area contributed by atoms with Crippen molar-refractivity contribution in [2.45, 2.75) is 32.2 Å². The fraction of sp³-hybridized carbons (Fsp3) is 0.385. The van der Waals surface area contributed by atoms with Gasteiger partial charge in [0.2, 0.25) is 0 Å². The van der Waals surface area contributed by atoms with Crippen LogP contribution < -0.4 is 11.1 Å². The second kappa shape index (κ2) is 6.68. The van der Waals surface area contributed by atoms with E-state index in [0.29, 0.717) is 28.4 Å². The number of nitrogens with one attached hydrogen (secondary N) is 1. The zero-order valence-corrected chi connectivity index (χ0v) is 14.0. The van der Waals surface area contributed by atoms with Crippen LogP contribution in [0.3, 0.4) is 0 Å². The summed E-state index contributed by atoms with van der Waals surface area (Å²) in [4.78, 5) is 12.5. The van der Waals surface area contributed by atoms with E-state index in [1.165, 1.54) is 0 Å². The third-order valence-electron chi connectivity index (χ3n) is 3.21. The Morgan fingerprint density at radius 1 is 1.47 bits per heavy atom. The molecule has 0 heterocycles. The molecule has 0 fully saturated rings. The van der Waals surface area contributed by atoms with Gasteiger partial charge in [-0.05, 0) is 47.0 Å². The molecule has 1 rings (SSSR count). The molecule has 0 aliphatic heterocycles. The molecule has 6 heteroatoms. The van der Waals surface area contributed by atoms with Crippen LogP contribution in [0.15, 0.2) is 22.7 Å². The summed E-state index contributed by atoms with van der Waals surface area (Å²) < 4.78 is 0.748. The maximum absolute atomic E-state index is 12.2. The van der Waals surface area contributed by atoms with Crippen LogP contribution in [-0.2, 0) is 0 Å². The average molecular weight is 364 g/mol. The average Bonchev–Trinajstić information content (AvgIpc) is 2.38. The van der Waals surface area contributed by atoms with Crippen molar-refractivity contribution >= 4 is 50.6 Å². The van der Waals surface area contributed by atoms with Gasteiger partial charge in [0, 0.05) is 10.0 Å². The molecule has 0 bridgehead atoms. The van der Waals surface area contributed by atoms with Crippen LogP contribution in [0.2, 0.25) is 5.02 Å². The van der Waals surface area contributed by atoms with Gasteiger partial charge in [-0.25, -0.2) is 0 Å². The van der Waals surface area contributed by atoms with Crippen molar-refractivity contribution in [1.82, 2.24) is 5.32 Å². The highest BCUT2D eigenvalue weighted by molar-refractivity contribution is 9.10. The van der Waals surface area contributed by atoms with Crippen LogP contribution in [0.25, 0.3) is 0 Å². The van der Waals surface area contributed by atoms with Gasteiger partial charge in [0.25, 0.3) is 5.91 Å². The second-order valence-corrected chi connectivity index (χ2v) is 5.94. The predicted molar refractivity (Wildman–Crippen MR) is 86.7 cm³/mol. The van der Waals surface area contributed by atoms with Crippen LogP contribution in [-0.4, -0.2) is 16.4 Å². The Morgan fingerprint density at radius 3 is 2.47 bits per heavy atom. The lowest BCUT2D eigenvalue weighted by molar-refractivity contribution is 0.0920. The summed E-state index contributed by atoms with van der Waals surface area (Å²) in [5, 5.41) is 3.40. The Bertz CT molecular complexity index is 503. The van der Waals surface area contributed by atoms with Gasteiger partial charge in [0.15, 0.2) is 0 Å². The summed E-state index contributed by atoms with van der Waals surface area (Å²) in [7, 11) is 0. The molecule has 0 radical (unpaired) electrons. The molecule has 0 unspecified atom stereocenters. The number of benzene rings is 1. The first kappa shape index (κ1) is 16.4. The largest absolute Gasteiger partial charge is 0.391 e. The maximum Gasteiger partial charge on any atom is 0.252 e. The Hall–Kier alpha value is -0.650. The van der Waals surface area contributed by atoms with Gasteiger partial charge < -0.3 is 11.1 Å². The van der Waals surface area contributed by atoms with Gasteiger partial charge in [0.05, 0.1) is 15.6 Å². The number of nitrogens with two attached hydrogens (primary N) is 1. The normalized spacial score (nSPS) is 11.2. The number of rotatable bonds is 5. The molecule has 0 aliphatic carbocycles. The maximum atomic E-state index is 12.2. The lowest BCUT2D eigenvalue weighted by Gasteiger charge is -2.31. The van der Waals surface area contributed by atoms with Crippen molar-refractivity contribution in [3.05, 3.63) is 33.3 Å². The number of hydrogen-bond acceptors (Lipinski definition) is 2. The SMILES string of the molecule is CCC(CC)(NC(=O)c1ccc(Br)c(Cl)c1)C(N)=S. The topological polar surface area (TPSA) is 55.1 Å². The summed E-state index contributed by atoms with van der Waals surface area (Å²) >= 11 is 14.3. The van der Waals surface area contributed by atoms with E-state index < -0.39 is 5.54 Å². The number of carbonyl (C=O) groups is 1. The molecule has 19 heavy (non-hydrogen) atoms. The molecule has 0 saturated carbocycles. The van der Waals surface area contributed by atoms with E-state index in [0.717, 1.165) is 4.47 Å². The van der Waals surface area contributed by atoms with Gasteiger partial charge >= 0.3 is 0 Å². The van der Waals surface area contributed by atoms with Crippen molar-refractivity contribution in [2.24, 2.45) is 5.73 Å². The molecule has 104 valence electrons. The Morgan fingerprint density at radius 2 is 2.05 bits per heavy atom. The first-order valence-electron chi connectivity index (χ1n) is 5.93. The van der Waals surface area contributed by atoms with Crippen LogP contribution in [0.4, 0.5) is 0 Å². The molecule has 0 aromatic heterocycles. The molecular formula is C13H16BrClN2OS. The van der Waals surface area contributed by atoms with E-state index in [2.05, 4.69) is 21.2 Å². The van der Waals surface area contributed by atoms with Gasteiger partial charge in [-0.15, -0.1) is 0 Å². The van der Waals surface area contributed by atoms with Crippen molar-refractivity contribution in [2.75, 3.05) is 0 Å². The molecule has 1 aromatic rings. The minimum Gasteiger partial charge on any atom is -0.391 e. The van der Waals surface area contributed by atoms with E-state index in [4.69, 9.17) is 29.6 Å². The van der Waals surface area contributed by atoms with Crippen molar-refractivity contribution in [3.63, 3.8) is 0 Å². The molecule has 3 N–H and O–H groups in total. The predicted octanol–water partition coefficient (Wildman–Crippen LogP) is 3.68. The van der Waals surface area contributed by atoms with Gasteiger partial charge in [-0.1, -0.05) is 37.7 Å². The second-order valence-electron chi connectivity index (χ2n) is 4.24. The summed E-state index contributed by atoms with van der Waals surface area (Å²) in [6.07, 6.45) is 1.30. The number of carbonyl (C=O) groups excluding carboxylic acids is 1. The lowest BCUT2D eigenvalue weighted by atomic mass is 9.92. The van der Waals surface area contributed by atoms with E-state index >= 15 is 0 Å². The van der Waals surface area contributed by atoms with Gasteiger partial charge in [-0.2, -0.15) is 0 Å². The number of thiocarbonyl (C=S) groups is 1. The Balaban J connectivity index is 3.00. The zero-order chi connectivity index (χ0) is 14.6. The summed E-state index contributed by atoms with van der Waals surface area (Å²) in [6, 6.07) is 5.04. The standard InChI is InChI=1S/C13H16BrClN2OS/c1-3-13(4-2,12(16)19)17-11(18)8-5-6-9(14)10(15)7-8/h5-7H,3-4H2,1-2H3,(H2,16,19)(H,17,18). The Labute approximate surface area is 132 Å². The molecule has 3 nitrogen and oxygen atoms in total. The molecule has 0 saturated heterocycles. The van der Waals surface area contributed by atoms with Gasteiger partial charge in [0.1, 0.15) is 0 Å². The molecule has 0 atom stereocenters. The highest BCUT2D eigenvalue weighted by Gasteiger charge is 2.31. The van der Waals surface area contributed by atoms with Crippen LogP contribution in [0.1, 0.15) is 37.0 Å². The van der Waals surface area contributed by atoms with E-state index in [1.54, 1.807) is 18.2 Å². The quantitative estimate of drug-likeness (QED) is 0.785. The molecular weight excluding hydrogens is 348 g/mol. The smallest absolute Gasteiger partial charge is 0.252 e. The highest BCUT2D eigenvalue weighted by Crippen LogP contribution is 2.24. The fourth-order valence-corrected chi connectivity index (χ4v) is 2.53. The van der Waals surface area contributed by atoms with Crippen LogP contribution >= 0.6 is 39.7 Å². The van der Waals surface area contributed by atoms with Gasteiger partial charge in [-0.3, -0.25) is 4.79 Å². The molecule has 1 amide bonds. The Kier molecular flexibility index (Phi) is 5.77. The van der Waals surface area contributed by atoms with Crippen molar-refractivity contribution in [1.29, 1.82) is 0 Å². The minimum atomic E-state index is -0.647.